The summed E-state index contributed by atoms with van der Waals surface area (Å²) < 4.78 is 0. The lowest BCUT2D eigenvalue weighted by Crippen LogP contribution is -1.89. The van der Waals surface area contributed by atoms with Crippen molar-refractivity contribution in [1.29, 1.82) is 0 Å². The number of hydrogen-bond donors (Lipinski definition) is 2. The average Bonchev–Trinajstić information content (AvgIpc) is 2.56. The van der Waals surface area contributed by atoms with Gasteiger partial charge in [0.05, 0.1) is 0 Å². The Labute approximate surface area is 129 Å². The highest BCUT2D eigenvalue weighted by atomic mass is 16.3. The zero-order valence-electron chi connectivity index (χ0n) is 12.0. The van der Waals surface area contributed by atoms with Crippen molar-refractivity contribution in [3.8, 4) is 33.8 Å². The Balaban J connectivity index is 2.24. The van der Waals surface area contributed by atoms with E-state index in [-0.39, 0.29) is 11.5 Å². The first kappa shape index (κ1) is 14.0. The minimum absolute atomic E-state index is 0.242. The summed E-state index contributed by atoms with van der Waals surface area (Å²) in [5.74, 6) is 0.487. The van der Waals surface area contributed by atoms with Crippen molar-refractivity contribution in [1.82, 2.24) is 0 Å². The Bertz CT molecular complexity index is 800. The van der Waals surface area contributed by atoms with E-state index in [1.165, 1.54) is 0 Å². The molecule has 2 nitrogen and oxygen atoms in total. The summed E-state index contributed by atoms with van der Waals surface area (Å²) in [4.78, 5) is 0. The highest BCUT2D eigenvalue weighted by Crippen LogP contribution is 2.36. The summed E-state index contributed by atoms with van der Waals surface area (Å²) >= 11 is 0. The Morgan fingerprint density at radius 2 is 1.23 bits per heavy atom. The van der Waals surface area contributed by atoms with E-state index in [0.717, 1.165) is 27.8 Å². The van der Waals surface area contributed by atoms with Crippen molar-refractivity contribution >= 4 is 6.08 Å². The summed E-state index contributed by atoms with van der Waals surface area (Å²) in [6.45, 7) is 3.89. The van der Waals surface area contributed by atoms with Gasteiger partial charge in [0.1, 0.15) is 11.5 Å². The van der Waals surface area contributed by atoms with Crippen molar-refractivity contribution in [2.75, 3.05) is 0 Å². The average molecular weight is 288 g/mol. The molecule has 0 aromatic heterocycles. The molecule has 2 N–H and O–H groups in total. The monoisotopic (exact) mass is 288 g/mol. The molecule has 0 spiro atoms. The van der Waals surface area contributed by atoms with Crippen molar-refractivity contribution < 1.29 is 10.2 Å². The standard InChI is InChI=1S/C20H16O2/c1-2-14-4-3-5-19(15-6-10-17(21)11-7-15)20(14)16-8-12-18(22)13-9-16/h2-13,21-22H,1H2. The first-order valence-corrected chi connectivity index (χ1v) is 7.03. The molecule has 0 fully saturated rings. The van der Waals surface area contributed by atoms with Gasteiger partial charge in [-0.2, -0.15) is 0 Å². The fourth-order valence-corrected chi connectivity index (χ4v) is 2.57. The summed E-state index contributed by atoms with van der Waals surface area (Å²) in [6.07, 6.45) is 1.83. The maximum Gasteiger partial charge on any atom is 0.115 e. The Hall–Kier alpha value is -3.00. The van der Waals surface area contributed by atoms with Gasteiger partial charge >= 0.3 is 0 Å². The number of hydrogen-bond acceptors (Lipinski definition) is 2. The van der Waals surface area contributed by atoms with E-state index >= 15 is 0 Å². The minimum atomic E-state index is 0.242. The first-order chi connectivity index (χ1) is 10.7. The van der Waals surface area contributed by atoms with Crippen LogP contribution < -0.4 is 0 Å². The first-order valence-electron chi connectivity index (χ1n) is 7.03. The molecule has 3 rings (SSSR count). The Morgan fingerprint density at radius 1 is 0.682 bits per heavy atom. The lowest BCUT2D eigenvalue weighted by atomic mass is 9.90. The van der Waals surface area contributed by atoms with E-state index in [1.54, 1.807) is 24.3 Å². The quantitative estimate of drug-likeness (QED) is 0.706. The summed E-state index contributed by atoms with van der Waals surface area (Å²) in [5, 5.41) is 19.0. The van der Waals surface area contributed by atoms with Crippen LogP contribution in [0.1, 0.15) is 5.56 Å². The largest absolute Gasteiger partial charge is 0.508 e. The van der Waals surface area contributed by atoms with Crippen LogP contribution in [0.4, 0.5) is 0 Å². The molecule has 0 saturated carbocycles. The fraction of sp³-hybridized carbons (Fsp3) is 0. The molecule has 2 heteroatoms. The van der Waals surface area contributed by atoms with Crippen molar-refractivity contribution in [3.05, 3.63) is 78.9 Å². The van der Waals surface area contributed by atoms with Crippen LogP contribution in [0.25, 0.3) is 28.3 Å². The zero-order valence-corrected chi connectivity index (χ0v) is 12.0. The van der Waals surface area contributed by atoms with Gasteiger partial charge < -0.3 is 10.2 Å². The van der Waals surface area contributed by atoms with Crippen LogP contribution in [0, 0.1) is 0 Å². The van der Waals surface area contributed by atoms with E-state index < -0.39 is 0 Å². The second-order valence-corrected chi connectivity index (χ2v) is 5.07. The molecule has 0 bridgehead atoms. The Kier molecular flexibility index (Phi) is 3.67. The molecule has 0 heterocycles. The predicted molar refractivity (Wildman–Crippen MR) is 90.7 cm³/mol. The zero-order chi connectivity index (χ0) is 15.5. The minimum Gasteiger partial charge on any atom is -0.508 e. The third-order valence-corrected chi connectivity index (χ3v) is 3.65. The van der Waals surface area contributed by atoms with Crippen LogP contribution in [-0.2, 0) is 0 Å². The van der Waals surface area contributed by atoms with Gasteiger partial charge in [0.15, 0.2) is 0 Å². The fourth-order valence-electron chi connectivity index (χ4n) is 2.57. The maximum absolute atomic E-state index is 9.50. The summed E-state index contributed by atoms with van der Waals surface area (Å²) in [6, 6.07) is 20.3. The molecule has 0 aliphatic carbocycles. The van der Waals surface area contributed by atoms with Crippen molar-refractivity contribution in [2.45, 2.75) is 0 Å². The van der Waals surface area contributed by atoms with Gasteiger partial charge in [0.25, 0.3) is 0 Å². The molecule has 3 aromatic rings. The molecule has 0 amide bonds. The van der Waals surface area contributed by atoms with E-state index in [4.69, 9.17) is 0 Å². The van der Waals surface area contributed by atoms with Crippen LogP contribution in [-0.4, -0.2) is 10.2 Å². The highest BCUT2D eigenvalue weighted by Gasteiger charge is 2.11. The SMILES string of the molecule is C=Cc1cccc(-c2ccc(O)cc2)c1-c1ccc(O)cc1. The lowest BCUT2D eigenvalue weighted by Gasteiger charge is -2.14. The van der Waals surface area contributed by atoms with Crippen LogP contribution >= 0.6 is 0 Å². The maximum atomic E-state index is 9.50. The van der Waals surface area contributed by atoms with E-state index in [1.807, 2.05) is 48.5 Å². The number of phenols is 2. The molecule has 0 unspecified atom stereocenters. The van der Waals surface area contributed by atoms with Gasteiger partial charge in [-0.15, -0.1) is 0 Å². The normalized spacial score (nSPS) is 10.4. The van der Waals surface area contributed by atoms with Crippen LogP contribution in [0.3, 0.4) is 0 Å². The molecule has 108 valence electrons. The summed E-state index contributed by atoms with van der Waals surface area (Å²) in [7, 11) is 0. The number of benzene rings is 3. The van der Waals surface area contributed by atoms with Gasteiger partial charge in [-0.3, -0.25) is 0 Å². The van der Waals surface area contributed by atoms with Crippen molar-refractivity contribution in [2.24, 2.45) is 0 Å². The van der Waals surface area contributed by atoms with Gasteiger partial charge in [0.2, 0.25) is 0 Å². The smallest absolute Gasteiger partial charge is 0.115 e. The molecular formula is C20H16O2. The van der Waals surface area contributed by atoms with E-state index in [0.29, 0.717) is 0 Å². The number of aromatic hydroxyl groups is 2. The molecule has 3 aromatic carbocycles. The van der Waals surface area contributed by atoms with Gasteiger partial charge in [0, 0.05) is 0 Å². The van der Waals surface area contributed by atoms with Crippen LogP contribution in [0.15, 0.2) is 73.3 Å². The molecular weight excluding hydrogens is 272 g/mol. The lowest BCUT2D eigenvalue weighted by molar-refractivity contribution is 0.475. The third kappa shape index (κ3) is 2.59. The van der Waals surface area contributed by atoms with E-state index in [9.17, 15) is 10.2 Å². The van der Waals surface area contributed by atoms with Gasteiger partial charge in [-0.1, -0.05) is 55.1 Å². The second kappa shape index (κ2) is 5.78. The Morgan fingerprint density at radius 3 is 1.77 bits per heavy atom. The molecule has 0 aliphatic heterocycles. The predicted octanol–water partition coefficient (Wildman–Crippen LogP) is 5.07. The van der Waals surface area contributed by atoms with Crippen molar-refractivity contribution in [3.63, 3.8) is 0 Å². The molecule has 0 atom stereocenters. The van der Waals surface area contributed by atoms with Crippen LogP contribution in [0.2, 0.25) is 0 Å². The topological polar surface area (TPSA) is 40.5 Å². The third-order valence-electron chi connectivity index (χ3n) is 3.65. The molecule has 0 radical (unpaired) electrons. The van der Waals surface area contributed by atoms with Gasteiger partial charge in [-0.05, 0) is 52.1 Å². The van der Waals surface area contributed by atoms with Gasteiger partial charge in [-0.25, -0.2) is 0 Å². The molecule has 0 saturated heterocycles. The second-order valence-electron chi connectivity index (χ2n) is 5.07. The molecule has 0 aliphatic rings. The highest BCUT2D eigenvalue weighted by molar-refractivity contribution is 5.89. The van der Waals surface area contributed by atoms with Crippen LogP contribution in [0.5, 0.6) is 11.5 Å². The number of phenolic OH excluding ortho intramolecular Hbond substituents is 2. The number of rotatable bonds is 3. The summed E-state index contributed by atoms with van der Waals surface area (Å²) in [5.41, 5.74) is 5.17. The van der Waals surface area contributed by atoms with E-state index in [2.05, 4.69) is 6.58 Å². The molecule has 22 heavy (non-hydrogen) atoms.